The average Bonchev–Trinajstić information content (AvgIpc) is 2.88. The number of aldehydes is 1. The molecule has 2 heterocycles. The Labute approximate surface area is 104 Å². The van der Waals surface area contributed by atoms with Crippen molar-refractivity contribution < 1.29 is 9.53 Å². The fourth-order valence-corrected chi connectivity index (χ4v) is 2.41. The van der Waals surface area contributed by atoms with Crippen LogP contribution in [-0.4, -0.2) is 22.3 Å². The standard InChI is InChI=1S/C12H16N2O2S/c1-2-3-4-5-7-16-11-10(9-15)14-6-8-17-12(14)13-11/h6,8-9H,2-5,7H2,1H3. The monoisotopic (exact) mass is 252 g/mol. The number of unbranched alkanes of at least 4 members (excludes halogenated alkanes) is 3. The van der Waals surface area contributed by atoms with Crippen LogP contribution in [0.1, 0.15) is 43.1 Å². The van der Waals surface area contributed by atoms with E-state index in [9.17, 15) is 4.79 Å². The summed E-state index contributed by atoms with van der Waals surface area (Å²) < 4.78 is 7.32. The van der Waals surface area contributed by atoms with Crippen molar-refractivity contribution in [2.45, 2.75) is 32.6 Å². The minimum Gasteiger partial charge on any atom is -0.476 e. The van der Waals surface area contributed by atoms with Crippen molar-refractivity contribution in [3.8, 4) is 5.88 Å². The zero-order chi connectivity index (χ0) is 12.1. The van der Waals surface area contributed by atoms with E-state index in [2.05, 4.69) is 11.9 Å². The number of hydrogen-bond acceptors (Lipinski definition) is 4. The normalized spacial score (nSPS) is 10.9. The zero-order valence-corrected chi connectivity index (χ0v) is 10.7. The van der Waals surface area contributed by atoms with Crippen LogP contribution in [0.25, 0.3) is 4.96 Å². The lowest BCUT2D eigenvalue weighted by molar-refractivity contribution is 0.111. The Hall–Kier alpha value is -1.36. The lowest BCUT2D eigenvalue weighted by Gasteiger charge is -2.02. The van der Waals surface area contributed by atoms with Crippen molar-refractivity contribution >= 4 is 22.6 Å². The van der Waals surface area contributed by atoms with E-state index in [0.29, 0.717) is 18.2 Å². The smallest absolute Gasteiger partial charge is 0.244 e. The first kappa shape index (κ1) is 12.1. The van der Waals surface area contributed by atoms with E-state index in [1.54, 1.807) is 4.40 Å². The highest BCUT2D eigenvalue weighted by atomic mass is 32.1. The van der Waals surface area contributed by atoms with Crippen molar-refractivity contribution in [2.24, 2.45) is 0 Å². The number of aromatic nitrogens is 2. The zero-order valence-electron chi connectivity index (χ0n) is 9.89. The summed E-state index contributed by atoms with van der Waals surface area (Å²) in [6.45, 7) is 2.81. The summed E-state index contributed by atoms with van der Waals surface area (Å²) in [4.78, 5) is 16.1. The third-order valence-electron chi connectivity index (χ3n) is 2.61. The summed E-state index contributed by atoms with van der Waals surface area (Å²) in [6, 6.07) is 0. The second-order valence-corrected chi connectivity index (χ2v) is 4.76. The van der Waals surface area contributed by atoms with Gasteiger partial charge in [0, 0.05) is 11.6 Å². The largest absolute Gasteiger partial charge is 0.476 e. The number of fused-ring (bicyclic) bond motifs is 1. The molecule has 2 aromatic heterocycles. The molecule has 5 heteroatoms. The van der Waals surface area contributed by atoms with E-state index < -0.39 is 0 Å². The molecule has 0 N–H and O–H groups in total. The first-order chi connectivity index (χ1) is 8.36. The van der Waals surface area contributed by atoms with Gasteiger partial charge in [0.1, 0.15) is 0 Å². The highest BCUT2D eigenvalue weighted by molar-refractivity contribution is 7.15. The fourth-order valence-electron chi connectivity index (χ4n) is 1.69. The molecule has 2 rings (SSSR count). The maximum absolute atomic E-state index is 11.0. The van der Waals surface area contributed by atoms with Crippen LogP contribution in [0, 0.1) is 0 Å². The quantitative estimate of drug-likeness (QED) is 0.561. The molecule has 0 aromatic carbocycles. The van der Waals surface area contributed by atoms with Crippen LogP contribution in [0.3, 0.4) is 0 Å². The number of carbonyl (C=O) groups excluding carboxylic acids is 1. The van der Waals surface area contributed by atoms with Crippen molar-refractivity contribution in [1.82, 2.24) is 9.38 Å². The molecule has 2 aromatic rings. The average molecular weight is 252 g/mol. The van der Waals surface area contributed by atoms with Gasteiger partial charge in [-0.1, -0.05) is 26.2 Å². The maximum atomic E-state index is 11.0. The van der Waals surface area contributed by atoms with Crippen LogP contribution in [-0.2, 0) is 0 Å². The van der Waals surface area contributed by atoms with Gasteiger partial charge in [-0.05, 0) is 6.42 Å². The molecule has 0 amide bonds. The van der Waals surface area contributed by atoms with Crippen molar-refractivity contribution in [3.63, 3.8) is 0 Å². The molecule has 0 spiro atoms. The Kier molecular flexibility index (Phi) is 4.14. The Morgan fingerprint density at radius 2 is 2.35 bits per heavy atom. The van der Waals surface area contributed by atoms with Crippen LogP contribution < -0.4 is 4.74 Å². The molecule has 0 aliphatic rings. The van der Waals surface area contributed by atoms with E-state index >= 15 is 0 Å². The molecule has 0 atom stereocenters. The molecule has 4 nitrogen and oxygen atoms in total. The number of ether oxygens (including phenoxy) is 1. The van der Waals surface area contributed by atoms with Crippen molar-refractivity contribution in [1.29, 1.82) is 0 Å². The highest BCUT2D eigenvalue weighted by Gasteiger charge is 2.13. The van der Waals surface area contributed by atoms with Crippen LogP contribution >= 0.6 is 11.3 Å². The Bertz CT molecular complexity index is 490. The SMILES string of the molecule is CCCCCCOc1nc2sccn2c1C=O. The molecule has 0 unspecified atom stereocenters. The Morgan fingerprint density at radius 1 is 1.47 bits per heavy atom. The van der Waals surface area contributed by atoms with Gasteiger partial charge in [-0.15, -0.1) is 11.3 Å². The van der Waals surface area contributed by atoms with Crippen LogP contribution in [0.4, 0.5) is 0 Å². The summed E-state index contributed by atoms with van der Waals surface area (Å²) in [5.41, 5.74) is 0.511. The first-order valence-corrected chi connectivity index (χ1v) is 6.78. The molecule has 0 aliphatic heterocycles. The number of rotatable bonds is 7. The first-order valence-electron chi connectivity index (χ1n) is 5.90. The van der Waals surface area contributed by atoms with Gasteiger partial charge in [-0.25, -0.2) is 0 Å². The van der Waals surface area contributed by atoms with Gasteiger partial charge in [0.05, 0.1) is 6.61 Å². The molecule has 17 heavy (non-hydrogen) atoms. The molecular weight excluding hydrogens is 236 g/mol. The van der Waals surface area contributed by atoms with Gasteiger partial charge in [-0.3, -0.25) is 9.20 Å². The molecule has 0 radical (unpaired) electrons. The molecule has 92 valence electrons. The number of hydrogen-bond donors (Lipinski definition) is 0. The van der Waals surface area contributed by atoms with E-state index in [4.69, 9.17) is 4.74 Å². The number of nitrogens with zero attached hydrogens (tertiary/aromatic N) is 2. The van der Waals surface area contributed by atoms with Gasteiger partial charge in [0.15, 0.2) is 16.9 Å². The summed E-state index contributed by atoms with van der Waals surface area (Å²) in [5, 5.41) is 1.90. The van der Waals surface area contributed by atoms with E-state index in [1.165, 1.54) is 24.2 Å². The third kappa shape index (κ3) is 2.66. The van der Waals surface area contributed by atoms with E-state index in [0.717, 1.165) is 24.1 Å². The molecule has 0 aliphatic carbocycles. The second-order valence-electron chi connectivity index (χ2n) is 3.88. The maximum Gasteiger partial charge on any atom is 0.244 e. The lowest BCUT2D eigenvalue weighted by atomic mass is 10.2. The van der Waals surface area contributed by atoms with E-state index in [-0.39, 0.29) is 0 Å². The van der Waals surface area contributed by atoms with Crippen LogP contribution in [0.2, 0.25) is 0 Å². The summed E-state index contributed by atoms with van der Waals surface area (Å²) in [5.74, 6) is 0.461. The molecule has 0 saturated carbocycles. The minimum absolute atomic E-state index is 0.461. The molecule has 0 bridgehead atoms. The summed E-state index contributed by atoms with van der Waals surface area (Å²) in [7, 11) is 0. The van der Waals surface area contributed by atoms with Crippen LogP contribution in [0.5, 0.6) is 5.88 Å². The third-order valence-corrected chi connectivity index (χ3v) is 3.37. The van der Waals surface area contributed by atoms with Crippen LogP contribution in [0.15, 0.2) is 11.6 Å². The highest BCUT2D eigenvalue weighted by Crippen LogP contribution is 2.21. The molecular formula is C12H16N2O2S. The van der Waals surface area contributed by atoms with Gasteiger partial charge in [-0.2, -0.15) is 4.98 Å². The van der Waals surface area contributed by atoms with Gasteiger partial charge in [0.25, 0.3) is 0 Å². The number of thiazole rings is 1. The topological polar surface area (TPSA) is 43.6 Å². The Morgan fingerprint density at radius 3 is 3.12 bits per heavy atom. The number of carbonyl (C=O) groups is 1. The minimum atomic E-state index is 0.461. The van der Waals surface area contributed by atoms with E-state index in [1.807, 2.05) is 11.6 Å². The number of imidazole rings is 1. The van der Waals surface area contributed by atoms with Gasteiger partial charge < -0.3 is 4.74 Å². The summed E-state index contributed by atoms with van der Waals surface area (Å²) in [6.07, 6.45) is 7.24. The second kappa shape index (κ2) is 5.82. The molecule has 0 saturated heterocycles. The fraction of sp³-hybridized carbons (Fsp3) is 0.500. The summed E-state index contributed by atoms with van der Waals surface area (Å²) >= 11 is 1.50. The van der Waals surface area contributed by atoms with Crippen molar-refractivity contribution in [2.75, 3.05) is 6.61 Å². The molecule has 0 fully saturated rings. The predicted molar refractivity (Wildman–Crippen MR) is 68.1 cm³/mol. The van der Waals surface area contributed by atoms with Gasteiger partial charge in [0.2, 0.25) is 5.88 Å². The Balaban J connectivity index is 1.98. The predicted octanol–water partition coefficient (Wildman–Crippen LogP) is 3.17. The van der Waals surface area contributed by atoms with Crippen molar-refractivity contribution in [3.05, 3.63) is 17.3 Å². The van der Waals surface area contributed by atoms with Gasteiger partial charge >= 0.3 is 0 Å². The lowest BCUT2D eigenvalue weighted by Crippen LogP contribution is -2.00.